The fraction of sp³-hybridized carbons (Fsp3) is 0.294. The first-order valence-electron chi connectivity index (χ1n) is 8.12. The zero-order valence-electron chi connectivity index (χ0n) is 15.1. The predicted molar refractivity (Wildman–Crippen MR) is 106 cm³/mol. The van der Waals surface area contributed by atoms with Gasteiger partial charge in [0, 0.05) is 24.5 Å². The summed E-state index contributed by atoms with van der Waals surface area (Å²) in [7, 11) is -7.44. The van der Waals surface area contributed by atoms with Crippen LogP contribution in [0.4, 0.5) is 11.4 Å². The van der Waals surface area contributed by atoms with Crippen LogP contribution in [0.25, 0.3) is 0 Å². The summed E-state index contributed by atoms with van der Waals surface area (Å²) in [4.78, 5) is 0.185. The molecule has 0 aliphatic rings. The van der Waals surface area contributed by atoms with Gasteiger partial charge in [-0.05, 0) is 53.9 Å². The number of benzene rings is 2. The summed E-state index contributed by atoms with van der Waals surface area (Å²) < 4.78 is 54.4. The maximum atomic E-state index is 12.3. The van der Waals surface area contributed by atoms with Gasteiger partial charge in [-0.2, -0.15) is 0 Å². The molecule has 0 spiro atoms. The van der Waals surface area contributed by atoms with Gasteiger partial charge in [0.2, 0.25) is 20.0 Å². The Morgan fingerprint density at radius 2 is 1.00 bits per heavy atom. The molecule has 0 bridgehead atoms. The van der Waals surface area contributed by atoms with Crippen LogP contribution >= 0.6 is 0 Å². The maximum Gasteiger partial charge on any atom is 0.240 e. The molecule has 8 nitrogen and oxygen atoms in total. The van der Waals surface area contributed by atoms with Crippen LogP contribution in [0, 0.1) is 5.41 Å². The lowest BCUT2D eigenvalue weighted by atomic mass is 9.95. The molecule has 0 unspecified atom stereocenters. The highest BCUT2D eigenvalue weighted by molar-refractivity contribution is 7.89. The fourth-order valence-electron chi connectivity index (χ4n) is 2.10. The van der Waals surface area contributed by atoms with Gasteiger partial charge < -0.3 is 11.5 Å². The Kier molecular flexibility index (Phi) is 6.15. The van der Waals surface area contributed by atoms with Crippen molar-refractivity contribution in [3.05, 3.63) is 48.5 Å². The fourth-order valence-corrected chi connectivity index (χ4v) is 4.59. The summed E-state index contributed by atoms with van der Waals surface area (Å²) in [5, 5.41) is 0. The van der Waals surface area contributed by atoms with Crippen LogP contribution in [0.1, 0.15) is 13.8 Å². The van der Waals surface area contributed by atoms with E-state index in [2.05, 4.69) is 9.44 Å². The van der Waals surface area contributed by atoms with Crippen LogP contribution < -0.4 is 20.9 Å². The Morgan fingerprint density at radius 3 is 1.30 bits per heavy atom. The molecular formula is C17H24N4O4S2. The zero-order chi connectivity index (χ0) is 20.3. The minimum Gasteiger partial charge on any atom is -0.399 e. The number of hydrogen-bond donors (Lipinski definition) is 4. The molecule has 148 valence electrons. The molecule has 2 aromatic rings. The van der Waals surface area contributed by atoms with Gasteiger partial charge in [-0.25, -0.2) is 26.3 Å². The summed E-state index contributed by atoms with van der Waals surface area (Å²) in [5.74, 6) is 0. The van der Waals surface area contributed by atoms with Crippen molar-refractivity contribution in [2.24, 2.45) is 5.41 Å². The first-order chi connectivity index (χ1) is 12.4. The quantitative estimate of drug-likeness (QED) is 0.478. The van der Waals surface area contributed by atoms with Crippen LogP contribution in [0.3, 0.4) is 0 Å². The van der Waals surface area contributed by atoms with Crippen LogP contribution in [-0.4, -0.2) is 29.9 Å². The van der Waals surface area contributed by atoms with Crippen molar-refractivity contribution >= 4 is 31.4 Å². The third-order valence-corrected chi connectivity index (χ3v) is 6.70. The van der Waals surface area contributed by atoms with Gasteiger partial charge in [0.15, 0.2) is 0 Å². The van der Waals surface area contributed by atoms with E-state index < -0.39 is 25.5 Å². The lowest BCUT2D eigenvalue weighted by Gasteiger charge is -2.25. The molecule has 2 rings (SSSR count). The molecule has 0 saturated carbocycles. The Hall–Kier alpha value is -2.14. The summed E-state index contributed by atoms with van der Waals surface area (Å²) >= 11 is 0. The van der Waals surface area contributed by atoms with Gasteiger partial charge in [0.05, 0.1) is 9.79 Å². The van der Waals surface area contributed by atoms with E-state index in [0.717, 1.165) is 0 Å². The molecule has 0 fully saturated rings. The molecule has 0 heterocycles. The van der Waals surface area contributed by atoms with Gasteiger partial charge in [-0.1, -0.05) is 13.8 Å². The van der Waals surface area contributed by atoms with E-state index in [0.29, 0.717) is 11.4 Å². The van der Waals surface area contributed by atoms with Gasteiger partial charge in [0.25, 0.3) is 0 Å². The van der Waals surface area contributed by atoms with Crippen LogP contribution in [0.2, 0.25) is 0 Å². The van der Waals surface area contributed by atoms with Crippen molar-refractivity contribution < 1.29 is 16.8 Å². The zero-order valence-corrected chi connectivity index (χ0v) is 16.8. The summed E-state index contributed by atoms with van der Waals surface area (Å²) in [5.41, 5.74) is 11.4. The summed E-state index contributed by atoms with van der Waals surface area (Å²) in [6, 6.07) is 11.6. The monoisotopic (exact) mass is 412 g/mol. The van der Waals surface area contributed by atoms with Crippen molar-refractivity contribution in [2.75, 3.05) is 24.6 Å². The normalized spacial score (nSPS) is 12.8. The second-order valence-corrected chi connectivity index (χ2v) is 10.5. The highest BCUT2D eigenvalue weighted by Crippen LogP contribution is 2.18. The van der Waals surface area contributed by atoms with Crippen molar-refractivity contribution in [2.45, 2.75) is 23.6 Å². The second-order valence-electron chi connectivity index (χ2n) is 6.95. The maximum absolute atomic E-state index is 12.3. The highest BCUT2D eigenvalue weighted by Gasteiger charge is 2.25. The Bertz CT molecular complexity index is 903. The third-order valence-electron chi connectivity index (χ3n) is 3.86. The summed E-state index contributed by atoms with van der Waals surface area (Å²) in [6.07, 6.45) is 0. The number of anilines is 2. The predicted octanol–water partition coefficient (Wildman–Crippen LogP) is 1.13. The Balaban J connectivity index is 2.00. The number of rotatable bonds is 8. The molecule has 0 aliphatic heterocycles. The molecule has 0 saturated heterocycles. The van der Waals surface area contributed by atoms with E-state index in [9.17, 15) is 16.8 Å². The molecule has 0 atom stereocenters. The van der Waals surface area contributed by atoms with Crippen LogP contribution in [-0.2, 0) is 20.0 Å². The average molecular weight is 413 g/mol. The number of nitrogens with two attached hydrogens (primary N) is 2. The van der Waals surface area contributed by atoms with Gasteiger partial charge in [-0.15, -0.1) is 0 Å². The minimum atomic E-state index is -3.72. The first-order valence-corrected chi connectivity index (χ1v) is 11.1. The van der Waals surface area contributed by atoms with Crippen LogP contribution in [0.5, 0.6) is 0 Å². The molecule has 6 N–H and O–H groups in total. The summed E-state index contributed by atoms with van der Waals surface area (Å²) in [6.45, 7) is 3.60. The SMILES string of the molecule is CC(C)(CNS(=O)(=O)c1ccc(N)cc1)CNS(=O)(=O)c1ccc(N)cc1. The molecule has 0 aromatic heterocycles. The Labute approximate surface area is 160 Å². The largest absolute Gasteiger partial charge is 0.399 e. The molecule has 0 aliphatic carbocycles. The lowest BCUT2D eigenvalue weighted by Crippen LogP contribution is -2.42. The van der Waals surface area contributed by atoms with E-state index in [1.807, 2.05) is 0 Å². The molecule has 27 heavy (non-hydrogen) atoms. The van der Waals surface area contributed by atoms with Crippen molar-refractivity contribution in [1.29, 1.82) is 0 Å². The van der Waals surface area contributed by atoms with E-state index >= 15 is 0 Å². The van der Waals surface area contributed by atoms with Crippen LogP contribution in [0.15, 0.2) is 58.3 Å². The molecular weight excluding hydrogens is 388 g/mol. The average Bonchev–Trinajstić information content (AvgIpc) is 2.60. The lowest BCUT2D eigenvalue weighted by molar-refractivity contribution is 0.361. The van der Waals surface area contributed by atoms with Crippen molar-refractivity contribution in [3.8, 4) is 0 Å². The van der Waals surface area contributed by atoms with Gasteiger partial charge in [-0.3, -0.25) is 0 Å². The smallest absolute Gasteiger partial charge is 0.240 e. The standard InChI is InChI=1S/C17H24N4O4S2/c1-17(2,11-20-26(22,23)15-7-3-13(18)4-8-15)12-21-27(24,25)16-9-5-14(19)6-10-16/h3-10,20-21H,11-12,18-19H2,1-2H3. The molecule has 2 aromatic carbocycles. The third kappa shape index (κ3) is 5.93. The number of hydrogen-bond acceptors (Lipinski definition) is 6. The number of nitrogen functional groups attached to an aromatic ring is 2. The van der Waals surface area contributed by atoms with Gasteiger partial charge in [0.1, 0.15) is 0 Å². The first kappa shape index (κ1) is 21.2. The number of sulfonamides is 2. The molecule has 0 radical (unpaired) electrons. The topological polar surface area (TPSA) is 144 Å². The molecule has 0 amide bonds. The van der Waals surface area contributed by atoms with E-state index in [4.69, 9.17) is 11.5 Å². The van der Waals surface area contributed by atoms with Gasteiger partial charge >= 0.3 is 0 Å². The Morgan fingerprint density at radius 1 is 0.704 bits per heavy atom. The van der Waals surface area contributed by atoms with E-state index in [1.54, 1.807) is 13.8 Å². The number of nitrogens with one attached hydrogen (secondary N) is 2. The van der Waals surface area contributed by atoms with E-state index in [-0.39, 0.29) is 22.9 Å². The second kappa shape index (κ2) is 7.85. The highest BCUT2D eigenvalue weighted by atomic mass is 32.2. The van der Waals surface area contributed by atoms with Crippen molar-refractivity contribution in [3.63, 3.8) is 0 Å². The van der Waals surface area contributed by atoms with E-state index in [1.165, 1.54) is 48.5 Å². The minimum absolute atomic E-state index is 0.0456. The molecule has 10 heteroatoms. The van der Waals surface area contributed by atoms with Crippen molar-refractivity contribution in [1.82, 2.24) is 9.44 Å².